The first-order chi connectivity index (χ1) is 18.5. The third kappa shape index (κ3) is 4.61. The lowest BCUT2D eigenvalue weighted by molar-refractivity contribution is 0.600. The molecule has 0 aliphatic rings. The largest absolute Gasteiger partial charge is 0.319 e. The summed E-state index contributed by atoms with van der Waals surface area (Å²) in [6.07, 6.45) is 1.68. The number of nitrogens with one attached hydrogen (secondary N) is 2. The average Bonchev–Trinajstić information content (AvgIpc) is 3.57. The zero-order valence-electron chi connectivity index (χ0n) is 20.2. The lowest BCUT2D eigenvalue weighted by atomic mass is 10.0. The molecule has 6 aromatic rings. The van der Waals surface area contributed by atoms with Gasteiger partial charge in [0.05, 0.1) is 23.7 Å². The number of sulfonamides is 1. The maximum absolute atomic E-state index is 13.0. The third-order valence-electron chi connectivity index (χ3n) is 6.38. The second-order valence-corrected chi connectivity index (χ2v) is 10.7. The van der Waals surface area contributed by atoms with Gasteiger partial charge >= 0.3 is 0 Å². The van der Waals surface area contributed by atoms with Gasteiger partial charge in [0.25, 0.3) is 0 Å². The number of pyridine rings is 1. The SMILES string of the molecule is N#Cc1ccc2cc(-c3ccn[nH]3)n(Cc3cc(NS(=O)(=O)Cc4ccccc4)cc4ccccc34)c2n1. The Kier molecular flexibility index (Phi) is 5.86. The van der Waals surface area contributed by atoms with Crippen LogP contribution in [0.3, 0.4) is 0 Å². The number of aromatic amines is 1. The van der Waals surface area contributed by atoms with Gasteiger partial charge in [-0.05, 0) is 58.3 Å². The number of anilines is 1. The normalized spacial score (nSPS) is 11.6. The van der Waals surface area contributed by atoms with Crippen molar-refractivity contribution >= 4 is 37.5 Å². The topological polar surface area (TPSA) is 116 Å². The van der Waals surface area contributed by atoms with E-state index in [4.69, 9.17) is 0 Å². The fraction of sp³-hybridized carbons (Fsp3) is 0.0690. The number of hydrogen-bond donors (Lipinski definition) is 2. The minimum absolute atomic E-state index is 0.122. The first kappa shape index (κ1) is 23.5. The molecule has 38 heavy (non-hydrogen) atoms. The predicted octanol–water partition coefficient (Wildman–Crippen LogP) is 5.44. The van der Waals surface area contributed by atoms with Crippen LogP contribution in [0.4, 0.5) is 5.69 Å². The summed E-state index contributed by atoms with van der Waals surface area (Å²) in [6, 6.07) is 30.2. The molecule has 8 nitrogen and oxygen atoms in total. The molecule has 3 aromatic heterocycles. The minimum atomic E-state index is -3.64. The molecule has 6 rings (SSSR count). The summed E-state index contributed by atoms with van der Waals surface area (Å²) in [5.41, 5.74) is 4.75. The zero-order valence-corrected chi connectivity index (χ0v) is 21.0. The molecular weight excluding hydrogens is 496 g/mol. The van der Waals surface area contributed by atoms with Crippen molar-refractivity contribution < 1.29 is 8.42 Å². The smallest absolute Gasteiger partial charge is 0.236 e. The molecule has 186 valence electrons. The van der Waals surface area contributed by atoms with Crippen LogP contribution >= 0.6 is 0 Å². The van der Waals surface area contributed by atoms with Crippen LogP contribution in [-0.2, 0) is 22.3 Å². The second-order valence-electron chi connectivity index (χ2n) is 9.01. The number of rotatable bonds is 7. The maximum atomic E-state index is 13.0. The highest BCUT2D eigenvalue weighted by Crippen LogP contribution is 2.31. The number of fused-ring (bicyclic) bond motifs is 2. The molecule has 0 unspecified atom stereocenters. The van der Waals surface area contributed by atoms with E-state index in [1.807, 2.05) is 77.4 Å². The maximum Gasteiger partial charge on any atom is 0.236 e. The minimum Gasteiger partial charge on any atom is -0.319 e. The van der Waals surface area contributed by atoms with E-state index in [1.165, 1.54) is 0 Å². The molecule has 0 atom stereocenters. The number of H-pyrrole nitrogens is 1. The van der Waals surface area contributed by atoms with Crippen molar-refractivity contribution in [2.24, 2.45) is 0 Å². The van der Waals surface area contributed by atoms with Crippen molar-refractivity contribution in [3.05, 3.63) is 114 Å². The number of hydrogen-bond acceptors (Lipinski definition) is 5. The van der Waals surface area contributed by atoms with Crippen molar-refractivity contribution in [3.8, 4) is 17.5 Å². The average molecular weight is 519 g/mol. The van der Waals surface area contributed by atoms with E-state index in [0.29, 0.717) is 29.1 Å². The van der Waals surface area contributed by atoms with Crippen molar-refractivity contribution in [3.63, 3.8) is 0 Å². The molecule has 9 heteroatoms. The van der Waals surface area contributed by atoms with Gasteiger partial charge < -0.3 is 4.57 Å². The molecule has 0 spiro atoms. The highest BCUT2D eigenvalue weighted by atomic mass is 32.2. The Morgan fingerprint density at radius 1 is 0.921 bits per heavy atom. The Hall–Kier alpha value is -4.94. The van der Waals surface area contributed by atoms with E-state index in [0.717, 1.165) is 33.1 Å². The molecule has 3 aromatic carbocycles. The third-order valence-corrected chi connectivity index (χ3v) is 7.64. The van der Waals surface area contributed by atoms with Crippen LogP contribution < -0.4 is 4.72 Å². The van der Waals surface area contributed by atoms with Gasteiger partial charge in [0.2, 0.25) is 10.0 Å². The van der Waals surface area contributed by atoms with E-state index < -0.39 is 10.0 Å². The summed E-state index contributed by atoms with van der Waals surface area (Å²) in [5, 5.41) is 19.4. The summed E-state index contributed by atoms with van der Waals surface area (Å²) < 4.78 is 30.8. The molecule has 0 saturated heterocycles. The van der Waals surface area contributed by atoms with Gasteiger partial charge in [-0.1, -0.05) is 54.6 Å². The Balaban J connectivity index is 1.46. The van der Waals surface area contributed by atoms with Crippen LogP contribution in [-0.4, -0.2) is 28.2 Å². The van der Waals surface area contributed by atoms with Crippen LogP contribution in [0.15, 0.2) is 97.2 Å². The van der Waals surface area contributed by atoms with E-state index in [9.17, 15) is 13.7 Å². The fourth-order valence-electron chi connectivity index (χ4n) is 4.73. The van der Waals surface area contributed by atoms with Crippen LogP contribution in [0.25, 0.3) is 33.2 Å². The van der Waals surface area contributed by atoms with Gasteiger partial charge in [-0.25, -0.2) is 13.4 Å². The van der Waals surface area contributed by atoms with Gasteiger partial charge in [-0.2, -0.15) is 10.4 Å². The fourth-order valence-corrected chi connectivity index (χ4v) is 5.91. The summed E-state index contributed by atoms with van der Waals surface area (Å²) >= 11 is 0. The highest BCUT2D eigenvalue weighted by Gasteiger charge is 2.17. The van der Waals surface area contributed by atoms with Crippen LogP contribution in [0.5, 0.6) is 0 Å². The lowest BCUT2D eigenvalue weighted by Crippen LogP contribution is -2.15. The summed E-state index contributed by atoms with van der Waals surface area (Å²) in [7, 11) is -3.64. The number of benzene rings is 3. The summed E-state index contributed by atoms with van der Waals surface area (Å²) in [5.74, 6) is -0.122. The molecule has 0 aliphatic heterocycles. The first-order valence-electron chi connectivity index (χ1n) is 12.0. The molecule has 0 aliphatic carbocycles. The van der Waals surface area contributed by atoms with Crippen molar-refractivity contribution in [2.45, 2.75) is 12.3 Å². The van der Waals surface area contributed by atoms with Crippen LogP contribution in [0.1, 0.15) is 16.8 Å². The van der Waals surface area contributed by atoms with Gasteiger partial charge in [0.15, 0.2) is 0 Å². The molecule has 2 N–H and O–H groups in total. The number of aromatic nitrogens is 4. The van der Waals surface area contributed by atoms with E-state index in [1.54, 1.807) is 24.4 Å². The Labute approximate surface area is 219 Å². The van der Waals surface area contributed by atoms with E-state index in [2.05, 4.69) is 26.0 Å². The first-order valence-corrected chi connectivity index (χ1v) is 13.6. The molecule has 0 amide bonds. The molecule has 0 bridgehead atoms. The summed E-state index contributed by atoms with van der Waals surface area (Å²) in [6.45, 7) is 0.397. The van der Waals surface area contributed by atoms with Crippen molar-refractivity contribution in [1.29, 1.82) is 5.26 Å². The van der Waals surface area contributed by atoms with E-state index >= 15 is 0 Å². The molecule has 3 heterocycles. The lowest BCUT2D eigenvalue weighted by Gasteiger charge is -2.15. The van der Waals surface area contributed by atoms with E-state index in [-0.39, 0.29) is 5.75 Å². The molecule has 0 fully saturated rings. The van der Waals surface area contributed by atoms with Crippen molar-refractivity contribution in [1.82, 2.24) is 19.7 Å². The summed E-state index contributed by atoms with van der Waals surface area (Å²) in [4.78, 5) is 4.59. The van der Waals surface area contributed by atoms with Crippen LogP contribution in [0.2, 0.25) is 0 Å². The second kappa shape index (κ2) is 9.50. The zero-order chi connectivity index (χ0) is 26.1. The molecule has 0 saturated carbocycles. The Bertz CT molecular complexity index is 1920. The number of nitrogens with zero attached hydrogens (tertiary/aromatic N) is 4. The highest BCUT2D eigenvalue weighted by molar-refractivity contribution is 7.91. The predicted molar refractivity (Wildman–Crippen MR) is 148 cm³/mol. The van der Waals surface area contributed by atoms with Crippen LogP contribution in [0, 0.1) is 11.3 Å². The van der Waals surface area contributed by atoms with Gasteiger partial charge in [-0.15, -0.1) is 0 Å². The quantitative estimate of drug-likeness (QED) is 0.292. The van der Waals surface area contributed by atoms with Gasteiger partial charge in [0, 0.05) is 17.3 Å². The standard InChI is InChI=1S/C29H22N6O2S/c30-17-24-11-10-22-16-28(27-12-13-31-33-27)35(29(22)32-24)18-23-15-25(14-21-8-4-5-9-26(21)23)34-38(36,37)19-20-6-2-1-3-7-20/h1-16,34H,18-19H2,(H,31,33). The molecular formula is C29H22N6O2S. The monoisotopic (exact) mass is 518 g/mol. The Morgan fingerprint density at radius 2 is 1.74 bits per heavy atom. The molecule has 0 radical (unpaired) electrons. The van der Waals surface area contributed by atoms with Gasteiger partial charge in [-0.3, -0.25) is 9.82 Å². The van der Waals surface area contributed by atoms with Crippen molar-refractivity contribution in [2.75, 3.05) is 4.72 Å². The Morgan fingerprint density at radius 3 is 2.53 bits per heavy atom. The number of nitriles is 1. The van der Waals surface area contributed by atoms with Gasteiger partial charge in [0.1, 0.15) is 17.4 Å².